The summed E-state index contributed by atoms with van der Waals surface area (Å²) in [7, 11) is 0. The fourth-order valence-electron chi connectivity index (χ4n) is 3.08. The Morgan fingerprint density at radius 2 is 1.24 bits per heavy atom. The van der Waals surface area contributed by atoms with E-state index in [1.807, 2.05) is 94.5 Å². The number of carbonyl (C=O) groups is 2. The van der Waals surface area contributed by atoms with Gasteiger partial charge in [-0.05, 0) is 53.7 Å². The van der Waals surface area contributed by atoms with Crippen molar-refractivity contribution in [3.8, 4) is 11.5 Å². The smallest absolute Gasteiger partial charge is 0.344 e. The van der Waals surface area contributed by atoms with Crippen LogP contribution in [-0.4, -0.2) is 47.2 Å². The number of allylic oxidation sites excluding steroid dienone is 2. The zero-order valence-electron chi connectivity index (χ0n) is 21.0. The van der Waals surface area contributed by atoms with Crippen molar-refractivity contribution in [2.75, 3.05) is 13.1 Å². The summed E-state index contributed by atoms with van der Waals surface area (Å²) in [6.07, 6.45) is 6.39. The Morgan fingerprint density at radius 3 is 1.62 bits per heavy atom. The van der Waals surface area contributed by atoms with E-state index in [2.05, 4.69) is 0 Å². The predicted molar refractivity (Wildman–Crippen MR) is 138 cm³/mol. The van der Waals surface area contributed by atoms with Gasteiger partial charge in [0, 0.05) is 24.2 Å². The summed E-state index contributed by atoms with van der Waals surface area (Å²) in [6, 6.07) is 15.1. The number of hydrogen-bond donors (Lipinski definition) is 1. The molecule has 0 saturated carbocycles. The Morgan fingerprint density at radius 1 is 0.824 bits per heavy atom. The predicted octanol–water partition coefficient (Wildman–Crippen LogP) is 5.93. The van der Waals surface area contributed by atoms with E-state index in [9.17, 15) is 9.59 Å². The van der Waals surface area contributed by atoms with Gasteiger partial charge in [-0.2, -0.15) is 0 Å². The first-order chi connectivity index (χ1) is 16.3. The van der Waals surface area contributed by atoms with E-state index in [1.165, 1.54) is 6.92 Å². The lowest BCUT2D eigenvalue weighted by Crippen LogP contribution is -2.40. The monoisotopic (exact) mass is 467 g/mol. The standard InChI is InChI=1S/C16H23NO2.C12H14O3/c1-5-10-14-11-8-9-12-15(14)19-13(4)16(18)17(6-2)7-3;1-3-6-10-7-4-5-8-11(10)15-9(2)12(13)14/h5,8-13H,6-7H2,1-4H3;3-9H,1-2H3,(H,13,14). The molecule has 34 heavy (non-hydrogen) atoms. The molecule has 2 aromatic carbocycles. The third kappa shape index (κ3) is 9.14. The Balaban J connectivity index is 0.000000350. The number of carbonyl (C=O) groups excluding carboxylic acids is 1. The zero-order valence-corrected chi connectivity index (χ0v) is 21.0. The molecule has 184 valence electrons. The van der Waals surface area contributed by atoms with Crippen LogP contribution in [0.5, 0.6) is 11.5 Å². The molecule has 0 aliphatic heterocycles. The number of ether oxygens (including phenoxy) is 2. The van der Waals surface area contributed by atoms with Crippen molar-refractivity contribution in [3.63, 3.8) is 0 Å². The van der Waals surface area contributed by atoms with Crippen molar-refractivity contribution in [1.82, 2.24) is 4.90 Å². The van der Waals surface area contributed by atoms with E-state index in [4.69, 9.17) is 14.6 Å². The lowest BCUT2D eigenvalue weighted by Gasteiger charge is -2.23. The molecule has 0 spiro atoms. The normalized spacial score (nSPS) is 12.5. The van der Waals surface area contributed by atoms with Gasteiger partial charge in [0.2, 0.25) is 0 Å². The molecule has 6 nitrogen and oxygen atoms in total. The van der Waals surface area contributed by atoms with Gasteiger partial charge in [-0.25, -0.2) is 4.79 Å². The molecule has 1 N–H and O–H groups in total. The van der Waals surface area contributed by atoms with Crippen LogP contribution in [0, 0.1) is 0 Å². The highest BCUT2D eigenvalue weighted by molar-refractivity contribution is 5.81. The molecule has 1 amide bonds. The number of likely N-dealkylation sites (N-methyl/N-ethyl adjacent to an activating group) is 1. The second-order valence-electron chi connectivity index (χ2n) is 7.44. The number of carboxylic acids is 1. The average Bonchev–Trinajstić information content (AvgIpc) is 2.83. The molecule has 0 aliphatic rings. The minimum absolute atomic E-state index is 0.0280. The van der Waals surface area contributed by atoms with Crippen LogP contribution in [-0.2, 0) is 9.59 Å². The molecule has 0 aromatic heterocycles. The van der Waals surface area contributed by atoms with Crippen LogP contribution < -0.4 is 9.47 Å². The summed E-state index contributed by atoms with van der Waals surface area (Å²) in [5, 5.41) is 8.72. The summed E-state index contributed by atoms with van der Waals surface area (Å²) in [6.45, 7) is 12.5. The van der Waals surface area contributed by atoms with E-state index >= 15 is 0 Å². The van der Waals surface area contributed by atoms with E-state index in [-0.39, 0.29) is 5.91 Å². The van der Waals surface area contributed by atoms with E-state index in [0.29, 0.717) is 18.8 Å². The molecule has 2 rings (SSSR count). The molecule has 0 heterocycles. The molecule has 0 aliphatic carbocycles. The minimum atomic E-state index is -0.967. The highest BCUT2D eigenvalue weighted by Crippen LogP contribution is 2.22. The number of rotatable bonds is 10. The quantitative estimate of drug-likeness (QED) is 0.469. The highest BCUT2D eigenvalue weighted by Gasteiger charge is 2.20. The Labute approximate surface area is 203 Å². The lowest BCUT2D eigenvalue weighted by atomic mass is 10.2. The third-order valence-electron chi connectivity index (χ3n) is 4.91. The van der Waals surface area contributed by atoms with Crippen LogP contribution >= 0.6 is 0 Å². The summed E-state index contributed by atoms with van der Waals surface area (Å²) < 4.78 is 11.1. The van der Waals surface area contributed by atoms with Gasteiger partial charge in [-0.15, -0.1) is 0 Å². The maximum atomic E-state index is 12.2. The molecule has 2 atom stereocenters. The average molecular weight is 468 g/mol. The van der Waals surface area contributed by atoms with E-state index < -0.39 is 18.2 Å². The number of amides is 1. The summed E-state index contributed by atoms with van der Waals surface area (Å²) in [5.74, 6) is 0.393. The topological polar surface area (TPSA) is 76.1 Å². The van der Waals surface area contributed by atoms with Gasteiger partial charge in [0.1, 0.15) is 11.5 Å². The molecule has 0 saturated heterocycles. The number of carboxylic acid groups (broad SMARTS) is 1. The molecule has 0 bridgehead atoms. The second kappa shape index (κ2) is 15.3. The highest BCUT2D eigenvalue weighted by atomic mass is 16.5. The first-order valence-corrected chi connectivity index (χ1v) is 11.6. The van der Waals surface area contributed by atoms with Gasteiger partial charge in [0.15, 0.2) is 12.2 Å². The molecular weight excluding hydrogens is 430 g/mol. The summed E-state index contributed by atoms with van der Waals surface area (Å²) >= 11 is 0. The SMILES string of the molecule is CC=Cc1ccccc1OC(C)C(=O)N(CC)CC.CC=Cc1ccccc1OC(C)C(=O)O. The first kappa shape index (κ1) is 28.5. The van der Waals surface area contributed by atoms with Crippen molar-refractivity contribution in [2.24, 2.45) is 0 Å². The second-order valence-corrected chi connectivity index (χ2v) is 7.44. The maximum Gasteiger partial charge on any atom is 0.344 e. The maximum absolute atomic E-state index is 12.2. The Bertz CT molecular complexity index is 963. The molecule has 2 aromatic rings. The van der Waals surface area contributed by atoms with Crippen LogP contribution in [0.15, 0.2) is 60.7 Å². The van der Waals surface area contributed by atoms with Crippen LogP contribution in [0.2, 0.25) is 0 Å². The Kier molecular flexibility index (Phi) is 12.8. The molecular formula is C28H37NO5. The third-order valence-corrected chi connectivity index (χ3v) is 4.91. The number of hydrogen-bond acceptors (Lipinski definition) is 4. The van der Waals surface area contributed by atoms with E-state index in [0.717, 1.165) is 16.9 Å². The molecule has 0 radical (unpaired) electrons. The number of nitrogens with zero attached hydrogens (tertiary/aromatic N) is 1. The van der Waals surface area contributed by atoms with Crippen LogP contribution in [0.25, 0.3) is 12.2 Å². The van der Waals surface area contributed by atoms with Crippen LogP contribution in [0.1, 0.15) is 52.7 Å². The first-order valence-electron chi connectivity index (χ1n) is 11.6. The van der Waals surface area contributed by atoms with Crippen molar-refractivity contribution < 1.29 is 24.2 Å². The van der Waals surface area contributed by atoms with Gasteiger partial charge < -0.3 is 19.5 Å². The number of aliphatic carboxylic acids is 1. The van der Waals surface area contributed by atoms with Gasteiger partial charge in [0.05, 0.1) is 0 Å². The fraction of sp³-hybridized carbons (Fsp3) is 0.357. The minimum Gasteiger partial charge on any atom is -0.480 e. The van der Waals surface area contributed by atoms with Crippen molar-refractivity contribution in [2.45, 2.75) is 53.8 Å². The summed E-state index contributed by atoms with van der Waals surface area (Å²) in [4.78, 5) is 24.6. The van der Waals surface area contributed by atoms with Crippen molar-refractivity contribution >= 4 is 24.0 Å². The molecule has 0 fully saturated rings. The van der Waals surface area contributed by atoms with Crippen molar-refractivity contribution in [1.29, 1.82) is 0 Å². The number of benzene rings is 2. The van der Waals surface area contributed by atoms with Crippen LogP contribution in [0.4, 0.5) is 0 Å². The zero-order chi connectivity index (χ0) is 25.5. The lowest BCUT2D eigenvalue weighted by molar-refractivity contribution is -0.144. The molecule has 2 unspecified atom stereocenters. The fourth-order valence-corrected chi connectivity index (χ4v) is 3.08. The Hall–Kier alpha value is -3.54. The van der Waals surface area contributed by atoms with Gasteiger partial charge in [-0.3, -0.25) is 4.79 Å². The van der Waals surface area contributed by atoms with Gasteiger partial charge in [0.25, 0.3) is 5.91 Å². The van der Waals surface area contributed by atoms with Gasteiger partial charge >= 0.3 is 5.97 Å². The largest absolute Gasteiger partial charge is 0.480 e. The number of para-hydroxylation sites is 2. The van der Waals surface area contributed by atoms with Crippen molar-refractivity contribution in [3.05, 3.63) is 71.8 Å². The molecule has 6 heteroatoms. The summed E-state index contributed by atoms with van der Waals surface area (Å²) in [5.41, 5.74) is 1.87. The van der Waals surface area contributed by atoms with Crippen LogP contribution in [0.3, 0.4) is 0 Å². The van der Waals surface area contributed by atoms with E-state index in [1.54, 1.807) is 17.9 Å². The van der Waals surface area contributed by atoms with Gasteiger partial charge in [-0.1, -0.05) is 60.7 Å².